The molecule has 244 valence electrons. The van der Waals surface area contributed by atoms with Crippen LogP contribution in [0.25, 0.3) is 44.2 Å². The zero-order valence-electron chi connectivity index (χ0n) is 29.1. The number of benzene rings is 7. The molecule has 0 atom stereocenters. The molecule has 0 radical (unpaired) electrons. The van der Waals surface area contributed by atoms with Gasteiger partial charge in [0.2, 0.25) is 0 Å². The van der Waals surface area contributed by atoms with E-state index >= 15 is 0 Å². The van der Waals surface area contributed by atoms with E-state index in [0.717, 1.165) is 11.4 Å². The van der Waals surface area contributed by atoms with Crippen molar-refractivity contribution in [1.29, 1.82) is 0 Å². The van der Waals surface area contributed by atoms with Crippen LogP contribution in [0.2, 0.25) is 0 Å². The smallest absolute Gasteiger partial charge is 0.0540 e. The third-order valence-corrected chi connectivity index (χ3v) is 11.4. The van der Waals surface area contributed by atoms with Gasteiger partial charge in [-0.1, -0.05) is 161 Å². The maximum absolute atomic E-state index is 2.46. The van der Waals surface area contributed by atoms with E-state index in [1.807, 2.05) is 0 Å². The maximum atomic E-state index is 2.46. The third-order valence-electron chi connectivity index (χ3n) is 11.4. The highest BCUT2D eigenvalue weighted by atomic mass is 15.1. The van der Waals surface area contributed by atoms with E-state index in [4.69, 9.17) is 0 Å². The minimum absolute atomic E-state index is 0.0886. The molecule has 0 N–H and O–H groups in total. The van der Waals surface area contributed by atoms with E-state index in [-0.39, 0.29) is 5.41 Å². The van der Waals surface area contributed by atoms with Crippen LogP contribution < -0.4 is 4.90 Å². The summed E-state index contributed by atoms with van der Waals surface area (Å²) in [6.07, 6.45) is 6.57. The fraction of sp³-hybridized carbons (Fsp3) is 0.184. The Morgan fingerprint density at radius 3 is 1.96 bits per heavy atom. The molecule has 0 aromatic heterocycles. The summed E-state index contributed by atoms with van der Waals surface area (Å²) < 4.78 is 0. The monoisotopic (exact) mass is 645 g/mol. The Labute approximate surface area is 296 Å². The molecular formula is C49H43N. The molecular weight excluding hydrogens is 603 g/mol. The summed E-state index contributed by atoms with van der Waals surface area (Å²) >= 11 is 0. The van der Waals surface area contributed by atoms with Gasteiger partial charge in [-0.25, -0.2) is 0 Å². The summed E-state index contributed by atoms with van der Waals surface area (Å²) in [5, 5.41) is 2.74. The van der Waals surface area contributed by atoms with Gasteiger partial charge in [0.25, 0.3) is 0 Å². The minimum atomic E-state index is -0.0886. The molecule has 0 amide bonds. The van der Waals surface area contributed by atoms with Crippen molar-refractivity contribution in [3.05, 3.63) is 174 Å². The van der Waals surface area contributed by atoms with E-state index in [2.05, 4.69) is 176 Å². The van der Waals surface area contributed by atoms with Crippen molar-refractivity contribution in [2.75, 3.05) is 4.90 Å². The van der Waals surface area contributed by atoms with Crippen LogP contribution in [0.15, 0.2) is 158 Å². The molecule has 1 saturated carbocycles. The van der Waals surface area contributed by atoms with Gasteiger partial charge >= 0.3 is 0 Å². The average molecular weight is 646 g/mol. The molecule has 9 rings (SSSR count). The van der Waals surface area contributed by atoms with Crippen molar-refractivity contribution in [3.8, 4) is 33.4 Å². The van der Waals surface area contributed by atoms with Crippen molar-refractivity contribution in [1.82, 2.24) is 0 Å². The van der Waals surface area contributed by atoms with Crippen molar-refractivity contribution in [2.45, 2.75) is 57.3 Å². The van der Waals surface area contributed by atoms with Crippen LogP contribution >= 0.6 is 0 Å². The van der Waals surface area contributed by atoms with E-state index in [1.54, 1.807) is 0 Å². The Balaban J connectivity index is 1.23. The number of fused-ring (bicyclic) bond motifs is 4. The molecule has 1 fully saturated rings. The summed E-state index contributed by atoms with van der Waals surface area (Å²) in [5.41, 5.74) is 15.6. The molecule has 1 heteroatoms. The Morgan fingerprint density at radius 2 is 1.12 bits per heavy atom. The van der Waals surface area contributed by atoms with Crippen LogP contribution in [0.1, 0.15) is 68.6 Å². The van der Waals surface area contributed by atoms with Crippen LogP contribution in [-0.2, 0) is 5.41 Å². The highest BCUT2D eigenvalue weighted by Gasteiger charge is 2.37. The Kier molecular flexibility index (Phi) is 7.65. The lowest BCUT2D eigenvalue weighted by atomic mass is 9.79. The third kappa shape index (κ3) is 5.07. The summed E-state index contributed by atoms with van der Waals surface area (Å²) in [4.78, 5) is 2.46. The van der Waals surface area contributed by atoms with E-state index < -0.39 is 0 Å². The molecule has 2 aliphatic carbocycles. The standard InChI is InChI=1S/C49H43N/c1-49(2)45-31-11-9-25-41(45)44-30-16-28-40(48(44)49)36-21-13-24-38(33-36)50(37-22-7-4-8-23-37)46-32-12-10-26-42(46)43-29-15-20-35-19-14-27-39(47(35)43)34-17-5-3-6-18-34/h4,7-16,19-34H,3,5-6,17-18H2,1-2H3. The van der Waals surface area contributed by atoms with E-state index in [0.29, 0.717) is 5.92 Å². The molecule has 7 aromatic rings. The van der Waals surface area contributed by atoms with Gasteiger partial charge < -0.3 is 4.90 Å². The van der Waals surface area contributed by atoms with Crippen LogP contribution in [0.3, 0.4) is 0 Å². The lowest BCUT2D eigenvalue weighted by molar-refractivity contribution is 0.445. The van der Waals surface area contributed by atoms with Crippen LogP contribution in [-0.4, -0.2) is 0 Å². The van der Waals surface area contributed by atoms with E-state index in [1.165, 1.54) is 98.6 Å². The predicted molar refractivity (Wildman–Crippen MR) is 213 cm³/mol. The molecule has 0 unspecified atom stereocenters. The molecule has 1 nitrogen and oxygen atoms in total. The summed E-state index contributed by atoms with van der Waals surface area (Å²) in [7, 11) is 0. The maximum Gasteiger partial charge on any atom is 0.0540 e. The number of rotatable bonds is 6. The lowest BCUT2D eigenvalue weighted by Crippen LogP contribution is -2.16. The first-order valence-corrected chi connectivity index (χ1v) is 18.4. The number of nitrogens with zero attached hydrogens (tertiary/aromatic N) is 1. The SMILES string of the molecule is CC1(C)c2ccccc2-c2cccc(-c3cccc(N(c4ccccc4)c4ccccc4-c4cccc5cccc(C6CCCCC6)c45)c3)c21. The van der Waals surface area contributed by atoms with Crippen molar-refractivity contribution >= 4 is 27.8 Å². The quantitative estimate of drug-likeness (QED) is 0.174. The number of hydrogen-bond acceptors (Lipinski definition) is 1. The molecule has 0 spiro atoms. The second-order valence-corrected chi connectivity index (χ2v) is 14.7. The largest absolute Gasteiger partial charge is 0.310 e. The van der Waals surface area contributed by atoms with Crippen LogP contribution in [0.4, 0.5) is 17.1 Å². The lowest BCUT2D eigenvalue weighted by Gasteiger charge is -2.30. The van der Waals surface area contributed by atoms with Gasteiger partial charge in [0.05, 0.1) is 5.69 Å². The first-order chi connectivity index (χ1) is 24.6. The fourth-order valence-corrected chi connectivity index (χ4v) is 9.15. The summed E-state index contributed by atoms with van der Waals surface area (Å²) in [6, 6.07) is 58.7. The molecule has 2 aliphatic rings. The molecule has 7 aromatic carbocycles. The predicted octanol–water partition coefficient (Wildman–Crippen LogP) is 14.0. The van der Waals surface area contributed by atoms with Gasteiger partial charge in [0, 0.05) is 22.4 Å². The average Bonchev–Trinajstić information content (AvgIpc) is 3.42. The van der Waals surface area contributed by atoms with Crippen LogP contribution in [0, 0.1) is 0 Å². The zero-order valence-corrected chi connectivity index (χ0v) is 29.1. The van der Waals surface area contributed by atoms with Gasteiger partial charge in [-0.2, -0.15) is 0 Å². The highest BCUT2D eigenvalue weighted by Crippen LogP contribution is 2.53. The molecule has 0 bridgehead atoms. The van der Waals surface area contributed by atoms with Crippen molar-refractivity contribution in [3.63, 3.8) is 0 Å². The zero-order chi connectivity index (χ0) is 33.7. The molecule has 50 heavy (non-hydrogen) atoms. The Hall–Kier alpha value is -5.40. The fourth-order valence-electron chi connectivity index (χ4n) is 9.15. The number of hydrogen-bond donors (Lipinski definition) is 0. The minimum Gasteiger partial charge on any atom is -0.310 e. The van der Waals surface area contributed by atoms with Gasteiger partial charge in [-0.15, -0.1) is 0 Å². The normalized spacial score (nSPS) is 15.1. The van der Waals surface area contributed by atoms with E-state index in [9.17, 15) is 0 Å². The molecule has 0 heterocycles. The van der Waals surface area contributed by atoms with Gasteiger partial charge in [-0.3, -0.25) is 0 Å². The second-order valence-electron chi connectivity index (χ2n) is 14.7. The number of anilines is 3. The number of para-hydroxylation sites is 2. The van der Waals surface area contributed by atoms with Gasteiger partial charge in [0.1, 0.15) is 0 Å². The van der Waals surface area contributed by atoms with Crippen molar-refractivity contribution < 1.29 is 0 Å². The topological polar surface area (TPSA) is 3.24 Å². The first kappa shape index (κ1) is 30.6. The van der Waals surface area contributed by atoms with Crippen molar-refractivity contribution in [2.24, 2.45) is 0 Å². The van der Waals surface area contributed by atoms with Gasteiger partial charge in [0.15, 0.2) is 0 Å². The Bertz CT molecular complexity index is 2340. The Morgan fingerprint density at radius 1 is 0.500 bits per heavy atom. The van der Waals surface area contributed by atoms with Crippen LogP contribution in [0.5, 0.6) is 0 Å². The second kappa shape index (κ2) is 12.5. The highest BCUT2D eigenvalue weighted by molar-refractivity contribution is 6.03. The summed E-state index contributed by atoms with van der Waals surface area (Å²) in [5.74, 6) is 0.616. The summed E-state index contributed by atoms with van der Waals surface area (Å²) in [6.45, 7) is 4.76. The first-order valence-electron chi connectivity index (χ1n) is 18.4. The van der Waals surface area contributed by atoms with Gasteiger partial charge in [-0.05, 0) is 104 Å². The molecule has 0 saturated heterocycles. The molecule has 0 aliphatic heterocycles.